The van der Waals surface area contributed by atoms with Crippen LogP contribution in [0.4, 0.5) is 13.2 Å². The molecule has 1 N–H and O–H groups in total. The van der Waals surface area contributed by atoms with Crippen LogP contribution in [0.15, 0.2) is 46.4 Å². The molecule has 4 nitrogen and oxygen atoms in total. The van der Waals surface area contributed by atoms with E-state index in [9.17, 15) is 18.4 Å². The van der Waals surface area contributed by atoms with Crippen molar-refractivity contribution in [3.63, 3.8) is 0 Å². The van der Waals surface area contributed by atoms with Gasteiger partial charge in [-0.3, -0.25) is 9.71 Å². The molecule has 0 saturated heterocycles. The third kappa shape index (κ3) is 4.32. The van der Waals surface area contributed by atoms with Gasteiger partial charge in [0.1, 0.15) is 25.2 Å². The number of fused-ring (bicyclic) bond motifs is 1. The van der Waals surface area contributed by atoms with Crippen molar-refractivity contribution >= 4 is 28.6 Å². The molecule has 0 unspecified atom stereocenters. The monoisotopic (exact) mass is 430 g/mol. The average Bonchev–Trinajstić information content (AvgIpc) is 3.55. The molecule has 2 aromatic rings. The predicted octanol–water partition coefficient (Wildman–Crippen LogP) is 5.20. The largest absolute Gasteiger partial charge is 0.338 e. The summed E-state index contributed by atoms with van der Waals surface area (Å²) in [4.78, 5) is 5.38. The maximum Gasteiger partial charge on any atom is 0.124 e. The smallest absolute Gasteiger partial charge is 0.124 e. The number of allylic oxidation sites excluding steroid dienone is 3. The van der Waals surface area contributed by atoms with Crippen LogP contribution in [0.3, 0.4) is 0 Å². The average molecular weight is 430 g/mol. The van der Waals surface area contributed by atoms with Gasteiger partial charge in [0.25, 0.3) is 0 Å². The van der Waals surface area contributed by atoms with Gasteiger partial charge < -0.3 is 4.57 Å². The summed E-state index contributed by atoms with van der Waals surface area (Å²) < 4.78 is 44.1. The Morgan fingerprint density at radius 1 is 1.30 bits per heavy atom. The van der Waals surface area contributed by atoms with E-state index in [1.54, 1.807) is 12.3 Å². The molecular formula is C22H21F3N4S. The first-order chi connectivity index (χ1) is 14.6. The van der Waals surface area contributed by atoms with Crippen molar-refractivity contribution in [2.24, 2.45) is 10.9 Å². The molecule has 0 bridgehead atoms. The van der Waals surface area contributed by atoms with E-state index in [4.69, 9.17) is 0 Å². The second kappa shape index (κ2) is 9.11. The van der Waals surface area contributed by atoms with Gasteiger partial charge >= 0.3 is 0 Å². The Kier molecular flexibility index (Phi) is 6.30. The molecule has 0 atom stereocenters. The van der Waals surface area contributed by atoms with Gasteiger partial charge in [0, 0.05) is 23.0 Å². The Morgan fingerprint density at radius 2 is 2.10 bits per heavy atom. The van der Waals surface area contributed by atoms with Gasteiger partial charge in [0.15, 0.2) is 0 Å². The molecule has 1 aromatic carbocycles. The number of rotatable bonds is 8. The van der Waals surface area contributed by atoms with Crippen molar-refractivity contribution in [3.05, 3.63) is 58.5 Å². The van der Waals surface area contributed by atoms with Crippen LogP contribution in [0.5, 0.6) is 0 Å². The third-order valence-electron chi connectivity index (χ3n) is 5.19. The van der Waals surface area contributed by atoms with E-state index >= 15 is 0 Å². The molecule has 2 heterocycles. The molecule has 0 spiro atoms. The van der Waals surface area contributed by atoms with Crippen molar-refractivity contribution in [1.29, 1.82) is 5.26 Å². The van der Waals surface area contributed by atoms with Crippen LogP contribution in [-0.2, 0) is 6.54 Å². The van der Waals surface area contributed by atoms with E-state index in [1.165, 1.54) is 12.1 Å². The molecule has 0 radical (unpaired) electrons. The molecular weight excluding hydrogens is 409 g/mol. The minimum absolute atomic E-state index is 0.382. The molecule has 1 aliphatic carbocycles. The van der Waals surface area contributed by atoms with Gasteiger partial charge in [-0.15, -0.1) is 0 Å². The lowest BCUT2D eigenvalue weighted by molar-refractivity contribution is 0.340. The third-order valence-corrected chi connectivity index (χ3v) is 6.17. The fourth-order valence-corrected chi connectivity index (χ4v) is 4.18. The van der Waals surface area contributed by atoms with E-state index in [-0.39, 0.29) is 5.82 Å². The molecule has 0 amide bonds. The number of aromatic nitrogens is 1. The fraction of sp³-hybridized carbons (Fsp3) is 0.364. The first kappa shape index (κ1) is 20.8. The number of halogens is 3. The van der Waals surface area contributed by atoms with Gasteiger partial charge in [0.2, 0.25) is 0 Å². The summed E-state index contributed by atoms with van der Waals surface area (Å²) in [6.07, 6.45) is 8.24. The number of nitrogens with one attached hydrogen (secondary N) is 1. The molecule has 1 fully saturated rings. The number of hydrogen-bond donors (Lipinski definition) is 1. The lowest BCUT2D eigenvalue weighted by Gasteiger charge is -2.11. The number of alkyl halides is 2. The standard InChI is InChI=1S/C22H21F3N4S/c23-9-16(10-24)28-30-17-2-1-3-20(27-12-17)22-19(11-26)18-8-15(25)6-7-21(18)29(22)13-14-4-5-14/h1,3,6-8,12,14,16,28H,2,4-5,9-10,13H2. The molecule has 1 saturated carbocycles. The van der Waals surface area contributed by atoms with Crippen LogP contribution in [0.2, 0.25) is 0 Å². The van der Waals surface area contributed by atoms with Crippen molar-refractivity contribution < 1.29 is 13.2 Å². The SMILES string of the molecule is N#Cc1c(C2=NC=C(SNC(CF)CF)CC=C2)n(CC2CC2)c2ccc(F)cc12. The maximum absolute atomic E-state index is 13.9. The highest BCUT2D eigenvalue weighted by molar-refractivity contribution is 8.01. The number of benzene rings is 1. The lowest BCUT2D eigenvalue weighted by atomic mass is 10.1. The van der Waals surface area contributed by atoms with Crippen LogP contribution in [0.1, 0.15) is 30.5 Å². The predicted molar refractivity (Wildman–Crippen MR) is 114 cm³/mol. The lowest BCUT2D eigenvalue weighted by Crippen LogP contribution is -2.27. The Morgan fingerprint density at radius 3 is 2.80 bits per heavy atom. The molecule has 156 valence electrons. The quantitative estimate of drug-likeness (QED) is 0.586. The molecule has 2 aliphatic rings. The zero-order chi connectivity index (χ0) is 21.1. The highest BCUT2D eigenvalue weighted by Crippen LogP contribution is 2.35. The van der Waals surface area contributed by atoms with Gasteiger partial charge in [-0.25, -0.2) is 13.2 Å². The maximum atomic E-state index is 13.9. The first-order valence-electron chi connectivity index (χ1n) is 9.84. The van der Waals surface area contributed by atoms with E-state index in [0.717, 1.165) is 41.8 Å². The minimum Gasteiger partial charge on any atom is -0.338 e. The van der Waals surface area contributed by atoms with Crippen molar-refractivity contribution in [3.8, 4) is 6.07 Å². The normalized spacial score (nSPS) is 16.5. The zero-order valence-electron chi connectivity index (χ0n) is 16.2. The Balaban J connectivity index is 1.73. The summed E-state index contributed by atoms with van der Waals surface area (Å²) in [5, 5.41) is 10.4. The van der Waals surface area contributed by atoms with Crippen LogP contribution in [0.25, 0.3) is 10.9 Å². The number of nitrogens with zero attached hydrogens (tertiary/aromatic N) is 3. The summed E-state index contributed by atoms with van der Waals surface area (Å²) in [5.41, 5.74) is 2.53. The van der Waals surface area contributed by atoms with Crippen LogP contribution < -0.4 is 4.72 Å². The van der Waals surface area contributed by atoms with E-state index in [2.05, 4.69) is 20.4 Å². The summed E-state index contributed by atoms with van der Waals surface area (Å²) in [6, 6.07) is 5.91. The highest BCUT2D eigenvalue weighted by Gasteiger charge is 2.27. The van der Waals surface area contributed by atoms with Crippen molar-refractivity contribution in [2.45, 2.75) is 31.8 Å². The van der Waals surface area contributed by atoms with Gasteiger partial charge in [0.05, 0.1) is 28.5 Å². The molecule has 1 aromatic heterocycles. The second-order valence-corrected chi connectivity index (χ2v) is 8.46. The molecule has 4 rings (SSSR count). The molecule has 30 heavy (non-hydrogen) atoms. The van der Waals surface area contributed by atoms with Gasteiger partial charge in [-0.2, -0.15) is 5.26 Å². The fourth-order valence-electron chi connectivity index (χ4n) is 3.45. The highest BCUT2D eigenvalue weighted by atomic mass is 32.2. The number of hydrogen-bond acceptors (Lipinski definition) is 4. The minimum atomic E-state index is -0.854. The summed E-state index contributed by atoms with van der Waals surface area (Å²) >= 11 is 1.16. The topological polar surface area (TPSA) is 53.1 Å². The van der Waals surface area contributed by atoms with E-state index in [0.29, 0.717) is 34.7 Å². The summed E-state index contributed by atoms with van der Waals surface area (Å²) in [5.74, 6) is 0.169. The van der Waals surface area contributed by atoms with Gasteiger partial charge in [-0.05, 0) is 61.4 Å². The first-order valence-corrected chi connectivity index (χ1v) is 10.7. The van der Waals surface area contributed by atoms with Crippen LogP contribution in [0, 0.1) is 23.1 Å². The molecule has 8 heteroatoms. The Bertz CT molecular complexity index is 1070. The summed E-state index contributed by atoms with van der Waals surface area (Å²) in [6.45, 7) is -0.817. The van der Waals surface area contributed by atoms with Crippen LogP contribution >= 0.6 is 11.9 Å². The Hall–Kier alpha value is -2.50. The van der Waals surface area contributed by atoms with Gasteiger partial charge in [-0.1, -0.05) is 6.08 Å². The number of nitriles is 1. The Labute approximate surface area is 177 Å². The second-order valence-electron chi connectivity index (χ2n) is 7.49. The van der Waals surface area contributed by atoms with E-state index in [1.807, 2.05) is 12.2 Å². The number of aliphatic imine (C=N–C) groups is 1. The van der Waals surface area contributed by atoms with Crippen LogP contribution in [-0.4, -0.2) is 29.7 Å². The van der Waals surface area contributed by atoms with Crippen molar-refractivity contribution in [2.75, 3.05) is 13.3 Å². The van der Waals surface area contributed by atoms with E-state index < -0.39 is 19.4 Å². The summed E-state index contributed by atoms with van der Waals surface area (Å²) in [7, 11) is 0. The van der Waals surface area contributed by atoms with Crippen molar-refractivity contribution in [1.82, 2.24) is 9.29 Å². The zero-order valence-corrected chi connectivity index (χ0v) is 17.1. The molecule has 1 aliphatic heterocycles.